The summed E-state index contributed by atoms with van der Waals surface area (Å²) in [4.78, 5) is 14.6. The Morgan fingerprint density at radius 2 is 2.08 bits per heavy atom. The Hall–Kier alpha value is -1.58. The normalized spacial score (nSPS) is 9.46. The van der Waals surface area contributed by atoms with Crippen LogP contribution in [0.15, 0.2) is 6.07 Å². The van der Waals surface area contributed by atoms with Crippen LogP contribution in [-0.4, -0.2) is 25.5 Å². The summed E-state index contributed by atoms with van der Waals surface area (Å²) in [5.74, 6) is 0.742. The highest BCUT2D eigenvalue weighted by Gasteiger charge is 2.09. The minimum absolute atomic E-state index is 0.298. The molecule has 0 saturated carbocycles. The number of hydrogen-bond donors (Lipinski definition) is 0. The first kappa shape index (κ1) is 9.51. The lowest BCUT2D eigenvalue weighted by molar-refractivity contribution is 0.111. The molecule has 0 aliphatic heterocycles. The topological polar surface area (TPSA) is 48.4 Å². The molecule has 0 radical (unpaired) electrons. The zero-order valence-electron chi connectivity index (χ0n) is 7.83. The van der Waals surface area contributed by atoms with Crippen molar-refractivity contribution >= 4 is 6.29 Å². The van der Waals surface area contributed by atoms with Crippen molar-refractivity contribution in [3.05, 3.63) is 17.2 Å². The molecule has 1 aromatic heterocycles. The van der Waals surface area contributed by atoms with E-state index in [-0.39, 0.29) is 0 Å². The number of carbonyl (C=O) groups excluding carboxylic acids is 1. The number of aldehydes is 1. The fraction of sp³-hybridized carbons (Fsp3) is 0.333. The number of carbonyl (C=O) groups is 1. The quantitative estimate of drug-likeness (QED) is 0.658. The maximum Gasteiger partial charge on any atom is 0.227 e. The zero-order valence-corrected chi connectivity index (χ0v) is 7.83. The van der Waals surface area contributed by atoms with Gasteiger partial charge in [-0.1, -0.05) is 0 Å². The molecule has 0 aromatic carbocycles. The van der Waals surface area contributed by atoms with E-state index in [1.807, 2.05) is 0 Å². The summed E-state index contributed by atoms with van der Waals surface area (Å²) < 4.78 is 9.87. The molecule has 70 valence electrons. The molecule has 4 heteroatoms. The van der Waals surface area contributed by atoms with E-state index in [0.29, 0.717) is 17.3 Å². The third-order valence-corrected chi connectivity index (χ3v) is 1.73. The second-order valence-electron chi connectivity index (χ2n) is 2.52. The number of hydrogen-bond acceptors (Lipinski definition) is 4. The predicted octanol–water partition coefficient (Wildman–Crippen LogP) is 1.22. The minimum Gasteiger partial charge on any atom is -0.481 e. The van der Waals surface area contributed by atoms with Crippen molar-refractivity contribution in [2.24, 2.45) is 0 Å². The van der Waals surface area contributed by atoms with Gasteiger partial charge in [0.15, 0.2) is 6.29 Å². The third-order valence-electron chi connectivity index (χ3n) is 1.73. The second-order valence-corrected chi connectivity index (χ2v) is 2.52. The van der Waals surface area contributed by atoms with E-state index >= 15 is 0 Å². The van der Waals surface area contributed by atoms with Crippen LogP contribution < -0.4 is 9.47 Å². The number of rotatable bonds is 3. The first-order chi connectivity index (χ1) is 6.22. The fourth-order valence-electron chi connectivity index (χ4n) is 1.03. The van der Waals surface area contributed by atoms with Gasteiger partial charge in [0.05, 0.1) is 19.8 Å². The van der Waals surface area contributed by atoms with E-state index in [1.165, 1.54) is 14.2 Å². The summed E-state index contributed by atoms with van der Waals surface area (Å²) in [7, 11) is 2.98. The van der Waals surface area contributed by atoms with Gasteiger partial charge in [-0.3, -0.25) is 4.79 Å². The van der Waals surface area contributed by atoms with Gasteiger partial charge in [-0.05, 0) is 12.5 Å². The third kappa shape index (κ3) is 1.77. The average Bonchev–Trinajstić information content (AvgIpc) is 2.16. The Morgan fingerprint density at radius 3 is 2.54 bits per heavy atom. The summed E-state index contributed by atoms with van der Waals surface area (Å²) in [6.07, 6.45) is 0.723. The van der Waals surface area contributed by atoms with Crippen molar-refractivity contribution in [2.45, 2.75) is 6.92 Å². The van der Waals surface area contributed by atoms with Crippen molar-refractivity contribution in [1.29, 1.82) is 0 Å². The SMILES string of the molecule is COc1cc(C)c(C=O)c(OC)n1. The maximum absolute atomic E-state index is 10.6. The highest BCUT2D eigenvalue weighted by Crippen LogP contribution is 2.22. The standard InChI is InChI=1S/C9H11NO3/c1-6-4-8(12-2)10-9(13-3)7(6)5-11/h4-5H,1-3H3. The van der Waals surface area contributed by atoms with Crippen LogP contribution in [0.5, 0.6) is 11.8 Å². The molecule has 13 heavy (non-hydrogen) atoms. The molecule has 1 rings (SSSR count). The molecule has 0 unspecified atom stereocenters. The van der Waals surface area contributed by atoms with Crippen LogP contribution in [0.25, 0.3) is 0 Å². The fourth-order valence-corrected chi connectivity index (χ4v) is 1.03. The van der Waals surface area contributed by atoms with Crippen LogP contribution in [-0.2, 0) is 0 Å². The number of aromatic nitrogens is 1. The van der Waals surface area contributed by atoms with Gasteiger partial charge < -0.3 is 9.47 Å². The Bertz CT molecular complexity index is 323. The summed E-state index contributed by atoms with van der Waals surface area (Å²) >= 11 is 0. The highest BCUT2D eigenvalue weighted by molar-refractivity contribution is 5.80. The Labute approximate surface area is 76.5 Å². The lowest BCUT2D eigenvalue weighted by atomic mass is 10.2. The lowest BCUT2D eigenvalue weighted by Crippen LogP contribution is -1.99. The summed E-state index contributed by atoms with van der Waals surface area (Å²) in [6, 6.07) is 1.69. The maximum atomic E-state index is 10.6. The molecule has 0 N–H and O–H groups in total. The van der Waals surface area contributed by atoms with Crippen LogP contribution in [0, 0.1) is 6.92 Å². The smallest absolute Gasteiger partial charge is 0.227 e. The van der Waals surface area contributed by atoms with Crippen LogP contribution in [0.4, 0.5) is 0 Å². The van der Waals surface area contributed by atoms with Crippen molar-refractivity contribution in [2.75, 3.05) is 14.2 Å². The van der Waals surface area contributed by atoms with Gasteiger partial charge in [-0.15, -0.1) is 0 Å². The van der Waals surface area contributed by atoms with Gasteiger partial charge in [0.25, 0.3) is 0 Å². The molecule has 0 atom stereocenters. The minimum atomic E-state index is 0.298. The molecule has 1 heterocycles. The number of nitrogens with zero attached hydrogens (tertiary/aromatic N) is 1. The molecule has 0 bridgehead atoms. The van der Waals surface area contributed by atoms with Gasteiger partial charge in [0.1, 0.15) is 0 Å². The largest absolute Gasteiger partial charge is 0.481 e. The second kappa shape index (κ2) is 3.89. The van der Waals surface area contributed by atoms with E-state index in [9.17, 15) is 4.79 Å². The summed E-state index contributed by atoms with van der Waals surface area (Å²) in [5.41, 5.74) is 1.25. The number of ether oxygens (including phenoxy) is 2. The van der Waals surface area contributed by atoms with Crippen molar-refractivity contribution in [3.8, 4) is 11.8 Å². The van der Waals surface area contributed by atoms with E-state index in [2.05, 4.69) is 4.98 Å². The van der Waals surface area contributed by atoms with Crippen LogP contribution in [0.1, 0.15) is 15.9 Å². The molecule has 0 amide bonds. The Balaban J connectivity index is 3.28. The predicted molar refractivity (Wildman–Crippen MR) is 47.5 cm³/mol. The highest BCUT2D eigenvalue weighted by atomic mass is 16.5. The van der Waals surface area contributed by atoms with E-state index in [4.69, 9.17) is 9.47 Å². The van der Waals surface area contributed by atoms with Crippen LogP contribution in [0.2, 0.25) is 0 Å². The first-order valence-corrected chi connectivity index (χ1v) is 3.77. The van der Waals surface area contributed by atoms with E-state index < -0.39 is 0 Å². The van der Waals surface area contributed by atoms with Gasteiger partial charge >= 0.3 is 0 Å². The Morgan fingerprint density at radius 1 is 1.38 bits per heavy atom. The monoisotopic (exact) mass is 181 g/mol. The lowest BCUT2D eigenvalue weighted by Gasteiger charge is -2.07. The molecular formula is C9H11NO3. The average molecular weight is 181 g/mol. The molecule has 1 aromatic rings. The molecule has 0 fully saturated rings. The molecule has 0 spiro atoms. The number of aryl methyl sites for hydroxylation is 1. The van der Waals surface area contributed by atoms with Gasteiger partial charge in [-0.2, -0.15) is 4.98 Å². The van der Waals surface area contributed by atoms with Gasteiger partial charge in [0.2, 0.25) is 11.8 Å². The molecule has 0 aliphatic carbocycles. The van der Waals surface area contributed by atoms with Gasteiger partial charge in [-0.25, -0.2) is 0 Å². The van der Waals surface area contributed by atoms with E-state index in [0.717, 1.165) is 11.8 Å². The zero-order chi connectivity index (χ0) is 9.84. The molecule has 0 saturated heterocycles. The van der Waals surface area contributed by atoms with Crippen molar-refractivity contribution in [1.82, 2.24) is 4.98 Å². The van der Waals surface area contributed by atoms with Gasteiger partial charge in [0, 0.05) is 6.07 Å². The Kier molecular flexibility index (Phi) is 2.84. The van der Waals surface area contributed by atoms with Crippen molar-refractivity contribution in [3.63, 3.8) is 0 Å². The molecular weight excluding hydrogens is 170 g/mol. The van der Waals surface area contributed by atoms with E-state index in [1.54, 1.807) is 13.0 Å². The first-order valence-electron chi connectivity index (χ1n) is 3.77. The van der Waals surface area contributed by atoms with Crippen LogP contribution in [0.3, 0.4) is 0 Å². The summed E-state index contributed by atoms with van der Waals surface area (Å²) in [6.45, 7) is 1.80. The van der Waals surface area contributed by atoms with Crippen LogP contribution >= 0.6 is 0 Å². The molecule has 0 aliphatic rings. The number of pyridine rings is 1. The van der Waals surface area contributed by atoms with Crippen molar-refractivity contribution < 1.29 is 14.3 Å². The summed E-state index contributed by atoms with van der Waals surface area (Å²) in [5, 5.41) is 0. The molecule has 4 nitrogen and oxygen atoms in total. The number of methoxy groups -OCH3 is 2.